The molecule has 114 valence electrons. The molecule has 0 aliphatic heterocycles. The van der Waals surface area contributed by atoms with Crippen molar-refractivity contribution in [3.05, 3.63) is 45.2 Å². The summed E-state index contributed by atoms with van der Waals surface area (Å²) in [6, 6.07) is 11.6. The van der Waals surface area contributed by atoms with Crippen molar-refractivity contribution in [3.8, 4) is 10.4 Å². The molecule has 2 aromatic rings. The highest BCUT2D eigenvalue weighted by Gasteiger charge is 2.14. The maximum Gasteiger partial charge on any atom is 0.0414 e. The molecule has 0 aliphatic rings. The summed E-state index contributed by atoms with van der Waals surface area (Å²) in [7, 11) is 0. The standard InChI is InChI=1S/C18H24BrNS/c1-4-6-16(20-11-5-2)18-10-9-17(21-18)14-8-7-13(3)12-15(14)19/h7-10,12,16,20H,4-6,11H2,1-3H3. The van der Waals surface area contributed by atoms with Gasteiger partial charge in [0.05, 0.1) is 0 Å². The number of hydrogen-bond acceptors (Lipinski definition) is 2. The van der Waals surface area contributed by atoms with Crippen LogP contribution in [-0.4, -0.2) is 6.54 Å². The lowest BCUT2D eigenvalue weighted by atomic mass is 10.1. The highest BCUT2D eigenvalue weighted by molar-refractivity contribution is 9.10. The van der Waals surface area contributed by atoms with E-state index in [-0.39, 0.29) is 0 Å². The van der Waals surface area contributed by atoms with Crippen LogP contribution in [-0.2, 0) is 0 Å². The van der Waals surface area contributed by atoms with Crippen molar-refractivity contribution in [2.75, 3.05) is 6.54 Å². The molecule has 0 radical (unpaired) electrons. The molecule has 1 N–H and O–H groups in total. The van der Waals surface area contributed by atoms with Crippen molar-refractivity contribution >= 4 is 27.3 Å². The van der Waals surface area contributed by atoms with Crippen molar-refractivity contribution in [2.45, 2.75) is 46.1 Å². The lowest BCUT2D eigenvalue weighted by Gasteiger charge is -2.16. The van der Waals surface area contributed by atoms with E-state index in [9.17, 15) is 0 Å². The van der Waals surface area contributed by atoms with Gasteiger partial charge in [0.25, 0.3) is 0 Å². The Balaban J connectivity index is 2.22. The first-order valence-corrected chi connectivity index (χ1v) is 9.36. The molecule has 0 saturated heterocycles. The third kappa shape index (κ3) is 4.41. The van der Waals surface area contributed by atoms with Gasteiger partial charge in [0, 0.05) is 25.8 Å². The monoisotopic (exact) mass is 365 g/mol. The zero-order chi connectivity index (χ0) is 15.2. The molecule has 21 heavy (non-hydrogen) atoms. The molecule has 0 fully saturated rings. The van der Waals surface area contributed by atoms with Crippen LogP contribution in [0.5, 0.6) is 0 Å². The fourth-order valence-electron chi connectivity index (χ4n) is 2.46. The molecule has 0 saturated carbocycles. The van der Waals surface area contributed by atoms with E-state index in [1.807, 2.05) is 11.3 Å². The summed E-state index contributed by atoms with van der Waals surface area (Å²) < 4.78 is 1.18. The molecule has 2 rings (SSSR count). The number of hydrogen-bond donors (Lipinski definition) is 1. The summed E-state index contributed by atoms with van der Waals surface area (Å²) in [5, 5.41) is 3.67. The average Bonchev–Trinajstić information content (AvgIpc) is 2.93. The van der Waals surface area contributed by atoms with Gasteiger partial charge in [0.1, 0.15) is 0 Å². The summed E-state index contributed by atoms with van der Waals surface area (Å²) >= 11 is 5.61. The van der Waals surface area contributed by atoms with Gasteiger partial charge in [-0.1, -0.05) is 48.3 Å². The minimum absolute atomic E-state index is 0.498. The van der Waals surface area contributed by atoms with E-state index in [0.29, 0.717) is 6.04 Å². The second-order valence-corrected chi connectivity index (χ2v) is 7.45. The predicted octanol–water partition coefficient (Wildman–Crippen LogP) is 6.33. The minimum Gasteiger partial charge on any atom is -0.309 e. The summed E-state index contributed by atoms with van der Waals surface area (Å²) in [5.41, 5.74) is 2.58. The quantitative estimate of drug-likeness (QED) is 0.604. The first-order chi connectivity index (χ1) is 10.2. The van der Waals surface area contributed by atoms with Gasteiger partial charge in [-0.15, -0.1) is 11.3 Å². The van der Waals surface area contributed by atoms with Crippen LogP contribution in [0.3, 0.4) is 0 Å². The number of benzene rings is 1. The minimum atomic E-state index is 0.498. The summed E-state index contributed by atoms with van der Waals surface area (Å²) in [6.07, 6.45) is 3.60. The topological polar surface area (TPSA) is 12.0 Å². The first-order valence-electron chi connectivity index (χ1n) is 7.75. The molecular weight excluding hydrogens is 342 g/mol. The molecule has 3 heteroatoms. The van der Waals surface area contributed by atoms with E-state index >= 15 is 0 Å². The van der Waals surface area contributed by atoms with E-state index in [1.165, 1.54) is 44.6 Å². The third-order valence-electron chi connectivity index (χ3n) is 3.58. The van der Waals surface area contributed by atoms with Crippen LogP contribution in [0.25, 0.3) is 10.4 Å². The second-order valence-electron chi connectivity index (χ2n) is 5.48. The molecule has 1 aromatic heterocycles. The van der Waals surface area contributed by atoms with Gasteiger partial charge < -0.3 is 5.32 Å². The summed E-state index contributed by atoms with van der Waals surface area (Å²) in [5.74, 6) is 0. The van der Waals surface area contributed by atoms with E-state index in [2.05, 4.69) is 72.3 Å². The SMILES string of the molecule is CCCNC(CCC)c1ccc(-c2ccc(C)cc2Br)s1. The Morgan fingerprint density at radius 2 is 1.95 bits per heavy atom. The van der Waals surface area contributed by atoms with Gasteiger partial charge >= 0.3 is 0 Å². The number of thiophene rings is 1. The molecule has 0 amide bonds. The fourth-order valence-corrected chi connectivity index (χ4v) is 4.45. The average molecular weight is 366 g/mol. The van der Waals surface area contributed by atoms with Gasteiger partial charge in [-0.2, -0.15) is 0 Å². The summed E-state index contributed by atoms with van der Waals surface area (Å²) in [6.45, 7) is 7.69. The third-order valence-corrected chi connectivity index (χ3v) is 5.47. The maximum atomic E-state index is 3.69. The van der Waals surface area contributed by atoms with E-state index < -0.39 is 0 Å². The van der Waals surface area contributed by atoms with Crippen molar-refractivity contribution in [1.29, 1.82) is 0 Å². The van der Waals surface area contributed by atoms with Crippen LogP contribution in [0.15, 0.2) is 34.8 Å². The van der Waals surface area contributed by atoms with Crippen LogP contribution >= 0.6 is 27.3 Å². The van der Waals surface area contributed by atoms with E-state index in [4.69, 9.17) is 0 Å². The van der Waals surface area contributed by atoms with Crippen molar-refractivity contribution in [1.82, 2.24) is 5.32 Å². The maximum absolute atomic E-state index is 3.69. The molecule has 1 atom stereocenters. The van der Waals surface area contributed by atoms with Gasteiger partial charge in [-0.3, -0.25) is 0 Å². The van der Waals surface area contributed by atoms with Crippen LogP contribution < -0.4 is 5.32 Å². The molecule has 1 nitrogen and oxygen atoms in total. The number of rotatable bonds is 7. The molecule has 0 bridgehead atoms. The molecule has 1 unspecified atom stereocenters. The first kappa shape index (κ1) is 16.7. The number of halogens is 1. The molecule has 0 aliphatic carbocycles. The van der Waals surface area contributed by atoms with E-state index in [0.717, 1.165) is 6.54 Å². The van der Waals surface area contributed by atoms with Crippen LogP contribution in [0, 0.1) is 6.92 Å². The van der Waals surface area contributed by atoms with Crippen molar-refractivity contribution < 1.29 is 0 Å². The van der Waals surface area contributed by atoms with Gasteiger partial charge in [-0.25, -0.2) is 0 Å². The normalized spacial score (nSPS) is 12.6. The van der Waals surface area contributed by atoms with E-state index in [1.54, 1.807) is 0 Å². The molecular formula is C18H24BrNS. The van der Waals surface area contributed by atoms with Crippen LogP contribution in [0.2, 0.25) is 0 Å². The molecule has 1 heterocycles. The zero-order valence-electron chi connectivity index (χ0n) is 13.1. The molecule has 1 aromatic carbocycles. The van der Waals surface area contributed by atoms with Gasteiger partial charge in [0.15, 0.2) is 0 Å². The Labute approximate surface area is 140 Å². The number of nitrogens with one attached hydrogen (secondary N) is 1. The highest BCUT2D eigenvalue weighted by atomic mass is 79.9. The lowest BCUT2D eigenvalue weighted by Crippen LogP contribution is -2.21. The Bertz CT molecular complexity index is 576. The largest absolute Gasteiger partial charge is 0.309 e. The van der Waals surface area contributed by atoms with Crippen LogP contribution in [0.4, 0.5) is 0 Å². The molecule has 0 spiro atoms. The smallest absolute Gasteiger partial charge is 0.0414 e. The Kier molecular flexibility index (Phi) is 6.46. The summed E-state index contributed by atoms with van der Waals surface area (Å²) in [4.78, 5) is 2.80. The predicted molar refractivity (Wildman–Crippen MR) is 98.1 cm³/mol. The Hall–Kier alpha value is -0.640. The fraction of sp³-hybridized carbons (Fsp3) is 0.444. The van der Waals surface area contributed by atoms with Gasteiger partial charge in [0.2, 0.25) is 0 Å². The second kappa shape index (κ2) is 8.11. The van der Waals surface area contributed by atoms with Crippen molar-refractivity contribution in [3.63, 3.8) is 0 Å². The van der Waals surface area contributed by atoms with Crippen LogP contribution in [0.1, 0.15) is 49.6 Å². The Morgan fingerprint density at radius 3 is 2.62 bits per heavy atom. The Morgan fingerprint density at radius 1 is 1.14 bits per heavy atom. The highest BCUT2D eigenvalue weighted by Crippen LogP contribution is 2.36. The number of aryl methyl sites for hydroxylation is 1. The zero-order valence-corrected chi connectivity index (χ0v) is 15.5. The van der Waals surface area contributed by atoms with Crippen molar-refractivity contribution in [2.24, 2.45) is 0 Å². The lowest BCUT2D eigenvalue weighted by molar-refractivity contribution is 0.501. The van der Waals surface area contributed by atoms with Gasteiger partial charge in [-0.05, 0) is 50.1 Å².